The lowest BCUT2D eigenvalue weighted by Crippen LogP contribution is -1.85. The van der Waals surface area contributed by atoms with Crippen molar-refractivity contribution < 1.29 is 4.42 Å². The third kappa shape index (κ3) is 3.06. The van der Waals surface area contributed by atoms with Crippen molar-refractivity contribution in [3.05, 3.63) is 120 Å². The van der Waals surface area contributed by atoms with Crippen LogP contribution in [-0.2, 0) is 0 Å². The second-order valence-corrected chi connectivity index (χ2v) is 10.0. The van der Waals surface area contributed by atoms with E-state index in [4.69, 9.17) is 16.0 Å². The number of hydrogen-bond donors (Lipinski definition) is 1. The van der Waals surface area contributed by atoms with Gasteiger partial charge in [-0.2, -0.15) is 0 Å². The van der Waals surface area contributed by atoms with Crippen molar-refractivity contribution in [1.29, 1.82) is 0 Å². The fraction of sp³-hybridized carbons (Fsp3) is 0. The molecule has 3 heteroatoms. The number of fused-ring (bicyclic) bond motifs is 9. The molecule has 0 aliphatic rings. The summed E-state index contributed by atoms with van der Waals surface area (Å²) in [4.78, 5) is 3.70. The molecule has 174 valence electrons. The Morgan fingerprint density at radius 3 is 2.00 bits per heavy atom. The van der Waals surface area contributed by atoms with Crippen LogP contribution in [0.5, 0.6) is 0 Å². The summed E-state index contributed by atoms with van der Waals surface area (Å²) in [5.74, 6) is 0. The maximum atomic E-state index is 6.52. The van der Waals surface area contributed by atoms with Crippen molar-refractivity contribution in [3.63, 3.8) is 0 Å². The molecule has 1 N–H and O–H groups in total. The first-order valence-corrected chi connectivity index (χ1v) is 12.8. The molecule has 0 radical (unpaired) electrons. The summed E-state index contributed by atoms with van der Waals surface area (Å²) >= 11 is 6.10. The molecule has 0 aliphatic heterocycles. The van der Waals surface area contributed by atoms with E-state index in [2.05, 4.69) is 96.0 Å². The predicted octanol–water partition coefficient (Wildman–Crippen LogP) is 10.4. The number of H-pyrrole nitrogens is 1. The molecule has 0 bridgehead atoms. The molecule has 0 amide bonds. The van der Waals surface area contributed by atoms with Crippen LogP contribution < -0.4 is 0 Å². The molecular formula is C34H20ClNO. The molecule has 0 saturated carbocycles. The van der Waals surface area contributed by atoms with Gasteiger partial charge in [0.1, 0.15) is 11.2 Å². The van der Waals surface area contributed by atoms with Gasteiger partial charge in [-0.1, -0.05) is 90.5 Å². The number of para-hydroxylation sites is 2. The molecule has 0 unspecified atom stereocenters. The molecule has 2 nitrogen and oxygen atoms in total. The summed E-state index contributed by atoms with van der Waals surface area (Å²) in [6.45, 7) is 0. The third-order valence-electron chi connectivity index (χ3n) is 7.50. The zero-order valence-electron chi connectivity index (χ0n) is 19.8. The minimum absolute atomic E-state index is 0.746. The van der Waals surface area contributed by atoms with Crippen LogP contribution >= 0.6 is 11.6 Å². The van der Waals surface area contributed by atoms with Gasteiger partial charge in [0.2, 0.25) is 0 Å². The number of aromatic amines is 1. The minimum atomic E-state index is 0.746. The van der Waals surface area contributed by atoms with Gasteiger partial charge in [-0.05, 0) is 64.0 Å². The van der Waals surface area contributed by atoms with Crippen LogP contribution in [0.15, 0.2) is 120 Å². The predicted molar refractivity (Wildman–Crippen MR) is 156 cm³/mol. The van der Waals surface area contributed by atoms with Gasteiger partial charge < -0.3 is 9.40 Å². The van der Waals surface area contributed by atoms with E-state index in [0.29, 0.717) is 0 Å². The quantitative estimate of drug-likeness (QED) is 0.255. The summed E-state index contributed by atoms with van der Waals surface area (Å²) in [6, 6.07) is 40.3. The van der Waals surface area contributed by atoms with Gasteiger partial charge in [-0.3, -0.25) is 0 Å². The zero-order valence-corrected chi connectivity index (χ0v) is 20.5. The zero-order chi connectivity index (χ0) is 24.5. The fourth-order valence-corrected chi connectivity index (χ4v) is 5.84. The van der Waals surface area contributed by atoms with Crippen molar-refractivity contribution >= 4 is 66.1 Å². The highest BCUT2D eigenvalue weighted by molar-refractivity contribution is 6.30. The van der Waals surface area contributed by atoms with Crippen LogP contribution in [0, 0.1) is 0 Å². The molecule has 8 aromatic rings. The van der Waals surface area contributed by atoms with Gasteiger partial charge in [-0.15, -0.1) is 0 Å². The number of halogens is 1. The molecule has 0 spiro atoms. The molecule has 0 aliphatic carbocycles. The first-order valence-electron chi connectivity index (χ1n) is 12.4. The van der Waals surface area contributed by atoms with Gasteiger partial charge in [0.05, 0.1) is 5.52 Å². The molecule has 0 fully saturated rings. The van der Waals surface area contributed by atoms with Gasteiger partial charge >= 0.3 is 0 Å². The van der Waals surface area contributed by atoms with E-state index in [1.807, 2.05) is 24.3 Å². The average Bonchev–Trinajstić information content (AvgIpc) is 3.51. The lowest BCUT2D eigenvalue weighted by atomic mass is 9.93. The van der Waals surface area contributed by atoms with Crippen LogP contribution in [0.2, 0.25) is 5.02 Å². The highest BCUT2D eigenvalue weighted by Gasteiger charge is 2.18. The highest BCUT2D eigenvalue weighted by Crippen LogP contribution is 2.43. The van der Waals surface area contributed by atoms with Crippen LogP contribution in [0.3, 0.4) is 0 Å². The fourth-order valence-electron chi connectivity index (χ4n) is 5.72. The second-order valence-electron chi connectivity index (χ2n) is 9.56. The first-order chi connectivity index (χ1) is 18.2. The van der Waals surface area contributed by atoms with E-state index < -0.39 is 0 Å². The summed E-state index contributed by atoms with van der Waals surface area (Å²) < 4.78 is 6.52. The van der Waals surface area contributed by atoms with Crippen molar-refractivity contribution in [2.45, 2.75) is 0 Å². The van der Waals surface area contributed by atoms with E-state index in [0.717, 1.165) is 54.5 Å². The molecule has 2 aromatic heterocycles. The SMILES string of the molecule is Clc1ccc(-c2ccc(-c3cc4c5ccccc5[nH]c4c4c3ccc3c5ccccc5oc34)cc2)cc1. The molecule has 0 atom stereocenters. The molecule has 6 aromatic carbocycles. The number of benzene rings is 6. The van der Waals surface area contributed by atoms with Gasteiger partial charge in [0.25, 0.3) is 0 Å². The summed E-state index contributed by atoms with van der Waals surface area (Å²) in [5.41, 5.74) is 8.75. The first kappa shape index (κ1) is 20.6. The topological polar surface area (TPSA) is 28.9 Å². The van der Waals surface area contributed by atoms with Crippen molar-refractivity contribution in [2.24, 2.45) is 0 Å². The van der Waals surface area contributed by atoms with E-state index in [-0.39, 0.29) is 0 Å². The van der Waals surface area contributed by atoms with Crippen LogP contribution in [0.1, 0.15) is 0 Å². The molecule has 8 rings (SSSR count). The monoisotopic (exact) mass is 493 g/mol. The lowest BCUT2D eigenvalue weighted by molar-refractivity contribution is 0.673. The third-order valence-corrected chi connectivity index (χ3v) is 7.75. The normalized spacial score (nSPS) is 11.9. The molecule has 2 heterocycles. The van der Waals surface area contributed by atoms with E-state index in [9.17, 15) is 0 Å². The van der Waals surface area contributed by atoms with E-state index in [1.165, 1.54) is 27.3 Å². The summed E-state index contributed by atoms with van der Waals surface area (Å²) in [5, 5.41) is 7.74. The average molecular weight is 494 g/mol. The Labute approximate surface area is 217 Å². The lowest BCUT2D eigenvalue weighted by Gasteiger charge is -2.11. The van der Waals surface area contributed by atoms with Gasteiger partial charge in [0.15, 0.2) is 0 Å². The van der Waals surface area contributed by atoms with Gasteiger partial charge in [0, 0.05) is 37.5 Å². The second kappa shape index (κ2) is 7.73. The molecular weight excluding hydrogens is 474 g/mol. The van der Waals surface area contributed by atoms with Crippen molar-refractivity contribution in [3.8, 4) is 22.3 Å². The largest absolute Gasteiger partial charge is 0.455 e. The van der Waals surface area contributed by atoms with Crippen molar-refractivity contribution in [2.75, 3.05) is 0 Å². The van der Waals surface area contributed by atoms with Crippen LogP contribution in [0.4, 0.5) is 0 Å². The smallest absolute Gasteiger partial charge is 0.145 e. The maximum absolute atomic E-state index is 6.52. The number of aromatic nitrogens is 1. The van der Waals surface area contributed by atoms with E-state index in [1.54, 1.807) is 0 Å². The van der Waals surface area contributed by atoms with Crippen LogP contribution in [0.25, 0.3) is 76.8 Å². The Kier molecular flexibility index (Phi) is 4.31. The number of hydrogen-bond acceptors (Lipinski definition) is 1. The summed E-state index contributed by atoms with van der Waals surface area (Å²) in [6.07, 6.45) is 0. The Hall–Kier alpha value is -4.53. The Bertz CT molecular complexity index is 2120. The summed E-state index contributed by atoms with van der Waals surface area (Å²) in [7, 11) is 0. The Balaban J connectivity index is 1.45. The highest BCUT2D eigenvalue weighted by atomic mass is 35.5. The van der Waals surface area contributed by atoms with E-state index >= 15 is 0 Å². The standard InChI is InChI=1S/C34H20ClNO/c35-23-15-13-21(14-16-23)20-9-11-22(12-10-20)28-19-29-24-5-1-3-7-30(24)36-33(29)32-26(28)17-18-27-25-6-2-4-8-31(25)37-34(27)32/h1-19,36H. The number of furan rings is 1. The Morgan fingerprint density at radius 1 is 0.541 bits per heavy atom. The van der Waals surface area contributed by atoms with Crippen molar-refractivity contribution in [1.82, 2.24) is 4.98 Å². The molecule has 0 saturated heterocycles. The maximum Gasteiger partial charge on any atom is 0.145 e. The molecule has 37 heavy (non-hydrogen) atoms. The minimum Gasteiger partial charge on any atom is -0.455 e. The van der Waals surface area contributed by atoms with Crippen LogP contribution in [-0.4, -0.2) is 4.98 Å². The Morgan fingerprint density at radius 2 is 1.19 bits per heavy atom. The number of nitrogens with one attached hydrogen (secondary N) is 1. The number of rotatable bonds is 2. The van der Waals surface area contributed by atoms with Gasteiger partial charge in [-0.25, -0.2) is 0 Å².